The van der Waals surface area contributed by atoms with Gasteiger partial charge in [-0.15, -0.1) is 11.3 Å². The fraction of sp³-hybridized carbons (Fsp3) is 0.600. The molecule has 0 aliphatic carbocycles. The Labute approximate surface area is 130 Å². The highest BCUT2D eigenvalue weighted by molar-refractivity contribution is 7.09. The zero-order valence-electron chi connectivity index (χ0n) is 13.0. The first kappa shape index (κ1) is 14.7. The Balaban J connectivity index is 1.72. The number of aromatic nitrogens is 3. The van der Waals surface area contributed by atoms with Crippen LogP contribution < -0.4 is 0 Å². The Bertz CT molecular complexity index is 588. The zero-order valence-corrected chi connectivity index (χ0v) is 13.8. The SMILES string of the molecule is Cc1ncsc1CN1Cc2cncn2C(CCN(C)C)C1. The molecule has 1 aliphatic heterocycles. The van der Waals surface area contributed by atoms with E-state index in [9.17, 15) is 0 Å². The van der Waals surface area contributed by atoms with Crippen LogP contribution in [0.4, 0.5) is 0 Å². The number of nitrogens with zero attached hydrogens (tertiary/aromatic N) is 5. The summed E-state index contributed by atoms with van der Waals surface area (Å²) in [4.78, 5) is 14.9. The van der Waals surface area contributed by atoms with Gasteiger partial charge in [-0.3, -0.25) is 4.90 Å². The molecule has 0 aromatic carbocycles. The summed E-state index contributed by atoms with van der Waals surface area (Å²) in [7, 11) is 4.27. The molecular formula is C15H23N5S. The first-order valence-electron chi connectivity index (χ1n) is 7.40. The molecule has 1 aliphatic rings. The molecular weight excluding hydrogens is 282 g/mol. The maximum Gasteiger partial charge on any atom is 0.0951 e. The maximum absolute atomic E-state index is 4.36. The number of fused-ring (bicyclic) bond motifs is 1. The minimum absolute atomic E-state index is 0.520. The number of hydrogen-bond acceptors (Lipinski definition) is 5. The second-order valence-electron chi connectivity index (χ2n) is 6.07. The van der Waals surface area contributed by atoms with E-state index in [2.05, 4.69) is 45.4 Å². The molecule has 6 heteroatoms. The molecule has 1 atom stereocenters. The third-order valence-electron chi connectivity index (χ3n) is 4.12. The first-order valence-corrected chi connectivity index (χ1v) is 8.28. The molecule has 5 nitrogen and oxygen atoms in total. The molecule has 3 rings (SSSR count). The van der Waals surface area contributed by atoms with Gasteiger partial charge in [-0.1, -0.05) is 0 Å². The molecule has 2 aromatic rings. The highest BCUT2D eigenvalue weighted by Crippen LogP contribution is 2.26. The topological polar surface area (TPSA) is 37.2 Å². The number of thiazole rings is 1. The average molecular weight is 305 g/mol. The van der Waals surface area contributed by atoms with Crippen molar-refractivity contribution in [3.05, 3.63) is 34.3 Å². The number of aryl methyl sites for hydroxylation is 1. The lowest BCUT2D eigenvalue weighted by Gasteiger charge is -2.34. The molecule has 21 heavy (non-hydrogen) atoms. The van der Waals surface area contributed by atoms with Gasteiger partial charge in [0, 0.05) is 36.8 Å². The predicted octanol–water partition coefficient (Wildman–Crippen LogP) is 2.16. The van der Waals surface area contributed by atoms with Crippen molar-refractivity contribution in [3.8, 4) is 0 Å². The Hall–Kier alpha value is -1.24. The number of imidazole rings is 1. The van der Waals surface area contributed by atoms with Crippen molar-refractivity contribution in [2.45, 2.75) is 32.5 Å². The summed E-state index contributed by atoms with van der Waals surface area (Å²) in [6.07, 6.45) is 5.16. The standard InChI is InChI=1S/C15H23N5S/c1-12-15(21-11-17-12)9-19-7-13(4-5-18(2)3)20-10-16-6-14(20)8-19/h6,10-11,13H,4-5,7-9H2,1-3H3. The largest absolute Gasteiger partial charge is 0.329 e. The van der Waals surface area contributed by atoms with Gasteiger partial charge in [0.15, 0.2) is 0 Å². The number of hydrogen-bond donors (Lipinski definition) is 0. The molecule has 0 fully saturated rings. The first-order chi connectivity index (χ1) is 10.1. The summed E-state index contributed by atoms with van der Waals surface area (Å²) in [5.41, 5.74) is 4.44. The Morgan fingerprint density at radius 1 is 1.43 bits per heavy atom. The third-order valence-corrected chi connectivity index (χ3v) is 5.04. The van der Waals surface area contributed by atoms with Crippen molar-refractivity contribution in [1.29, 1.82) is 0 Å². The van der Waals surface area contributed by atoms with E-state index in [0.29, 0.717) is 6.04 Å². The predicted molar refractivity (Wildman–Crippen MR) is 85.4 cm³/mol. The smallest absolute Gasteiger partial charge is 0.0951 e. The quantitative estimate of drug-likeness (QED) is 0.848. The van der Waals surface area contributed by atoms with Gasteiger partial charge in [-0.05, 0) is 34.0 Å². The molecule has 0 spiro atoms. The lowest BCUT2D eigenvalue weighted by Crippen LogP contribution is -2.37. The summed E-state index contributed by atoms with van der Waals surface area (Å²) in [6.45, 7) is 6.28. The van der Waals surface area contributed by atoms with Crippen LogP contribution in [0.15, 0.2) is 18.0 Å². The van der Waals surface area contributed by atoms with Crippen molar-refractivity contribution in [2.75, 3.05) is 27.2 Å². The fourth-order valence-electron chi connectivity index (χ4n) is 2.90. The number of rotatable bonds is 5. The molecule has 3 heterocycles. The monoisotopic (exact) mass is 305 g/mol. The third kappa shape index (κ3) is 3.33. The summed E-state index contributed by atoms with van der Waals surface area (Å²) in [5.74, 6) is 0. The van der Waals surface area contributed by atoms with Gasteiger partial charge in [0.1, 0.15) is 0 Å². The highest BCUT2D eigenvalue weighted by Gasteiger charge is 2.25. The van der Waals surface area contributed by atoms with E-state index in [1.54, 1.807) is 11.3 Å². The lowest BCUT2D eigenvalue weighted by molar-refractivity contribution is 0.166. The van der Waals surface area contributed by atoms with E-state index in [1.807, 2.05) is 18.0 Å². The van der Waals surface area contributed by atoms with Crippen LogP contribution in [0.5, 0.6) is 0 Å². The Morgan fingerprint density at radius 2 is 2.29 bits per heavy atom. The van der Waals surface area contributed by atoms with E-state index >= 15 is 0 Å². The van der Waals surface area contributed by atoms with Gasteiger partial charge in [-0.25, -0.2) is 9.97 Å². The van der Waals surface area contributed by atoms with Crippen LogP contribution in [0.25, 0.3) is 0 Å². The van der Waals surface area contributed by atoms with Crippen LogP contribution in [0.1, 0.15) is 28.7 Å². The molecule has 0 amide bonds. The minimum Gasteiger partial charge on any atom is -0.329 e. The van der Waals surface area contributed by atoms with Crippen molar-refractivity contribution in [2.24, 2.45) is 0 Å². The molecule has 0 radical (unpaired) electrons. The van der Waals surface area contributed by atoms with Crippen LogP contribution in [0.3, 0.4) is 0 Å². The second kappa shape index (κ2) is 6.25. The molecule has 1 unspecified atom stereocenters. The molecule has 2 aromatic heterocycles. The van der Waals surface area contributed by atoms with Crippen LogP contribution in [0, 0.1) is 6.92 Å². The van der Waals surface area contributed by atoms with Crippen molar-refractivity contribution in [3.63, 3.8) is 0 Å². The van der Waals surface area contributed by atoms with Crippen LogP contribution in [0.2, 0.25) is 0 Å². The average Bonchev–Trinajstić information content (AvgIpc) is 3.06. The van der Waals surface area contributed by atoms with Gasteiger partial charge < -0.3 is 9.47 Å². The summed E-state index contributed by atoms with van der Waals surface area (Å²) in [6, 6.07) is 0.520. The molecule has 0 saturated carbocycles. The van der Waals surface area contributed by atoms with E-state index in [1.165, 1.54) is 16.3 Å². The molecule has 0 bridgehead atoms. The highest BCUT2D eigenvalue weighted by atomic mass is 32.1. The molecule has 0 saturated heterocycles. The van der Waals surface area contributed by atoms with Crippen LogP contribution >= 0.6 is 11.3 Å². The lowest BCUT2D eigenvalue weighted by atomic mass is 10.1. The zero-order chi connectivity index (χ0) is 14.8. The van der Waals surface area contributed by atoms with Gasteiger partial charge in [0.05, 0.1) is 23.2 Å². The van der Waals surface area contributed by atoms with E-state index < -0.39 is 0 Å². The van der Waals surface area contributed by atoms with Crippen molar-refractivity contribution < 1.29 is 0 Å². The van der Waals surface area contributed by atoms with Gasteiger partial charge in [0.2, 0.25) is 0 Å². The summed E-state index contributed by atoms with van der Waals surface area (Å²) < 4.78 is 2.36. The molecule has 114 valence electrons. The van der Waals surface area contributed by atoms with Crippen LogP contribution in [-0.2, 0) is 13.1 Å². The second-order valence-corrected chi connectivity index (χ2v) is 7.01. The minimum atomic E-state index is 0.520. The van der Waals surface area contributed by atoms with Crippen molar-refractivity contribution in [1.82, 2.24) is 24.3 Å². The maximum atomic E-state index is 4.36. The van der Waals surface area contributed by atoms with Gasteiger partial charge >= 0.3 is 0 Å². The fourth-order valence-corrected chi connectivity index (χ4v) is 3.72. The van der Waals surface area contributed by atoms with Gasteiger partial charge in [-0.2, -0.15) is 0 Å². The van der Waals surface area contributed by atoms with E-state index in [0.717, 1.165) is 32.6 Å². The Kier molecular flexibility index (Phi) is 4.37. The van der Waals surface area contributed by atoms with E-state index in [4.69, 9.17) is 0 Å². The Morgan fingerprint density at radius 3 is 3.00 bits per heavy atom. The normalized spacial score (nSPS) is 19.1. The van der Waals surface area contributed by atoms with E-state index in [-0.39, 0.29) is 0 Å². The van der Waals surface area contributed by atoms with Crippen LogP contribution in [-0.4, -0.2) is 51.5 Å². The van der Waals surface area contributed by atoms with Crippen molar-refractivity contribution >= 4 is 11.3 Å². The molecule has 0 N–H and O–H groups in total. The van der Waals surface area contributed by atoms with Gasteiger partial charge in [0.25, 0.3) is 0 Å². The summed E-state index contributed by atoms with van der Waals surface area (Å²) >= 11 is 1.76. The summed E-state index contributed by atoms with van der Waals surface area (Å²) in [5, 5.41) is 0.